The molecule has 0 atom stereocenters. The maximum Gasteiger partial charge on any atom is 0.244 e. The van der Waals surface area contributed by atoms with Crippen LogP contribution >= 0.6 is 11.3 Å². The fraction of sp³-hybridized carbons (Fsp3) is 0.0714. The predicted molar refractivity (Wildman–Crippen MR) is 80.4 cm³/mol. The summed E-state index contributed by atoms with van der Waals surface area (Å²) in [7, 11) is 0. The molecule has 0 aliphatic rings. The standard InChI is InChI=1S/C14H10FN5O2S/c15-9-3-1-2-8(4-9)5-13-16-10(7-23-13)11(21)6-12(22)14-17-19-20-18-14/h1-4,6-7,21H,5H2,(H,17,18,19,20). The number of aromatic amines is 1. The van der Waals surface area contributed by atoms with Gasteiger partial charge in [0.15, 0.2) is 0 Å². The smallest absolute Gasteiger partial charge is 0.244 e. The number of hydrogen-bond donors (Lipinski definition) is 2. The number of carbonyl (C=O) groups is 1. The number of ketones is 1. The number of nitrogens with one attached hydrogen (secondary N) is 1. The Kier molecular flexibility index (Phi) is 4.20. The first-order chi connectivity index (χ1) is 11.1. The second-order valence-corrected chi connectivity index (χ2v) is 5.51. The Labute approximate surface area is 133 Å². The molecular weight excluding hydrogens is 321 g/mol. The topological polar surface area (TPSA) is 105 Å². The van der Waals surface area contributed by atoms with Crippen LogP contribution in [0.5, 0.6) is 0 Å². The molecule has 0 spiro atoms. The molecule has 0 amide bonds. The zero-order valence-corrected chi connectivity index (χ0v) is 12.4. The van der Waals surface area contributed by atoms with Crippen molar-refractivity contribution in [1.29, 1.82) is 0 Å². The molecule has 0 aliphatic heterocycles. The third-order valence-corrected chi connectivity index (χ3v) is 3.74. The Morgan fingerprint density at radius 1 is 1.43 bits per heavy atom. The third kappa shape index (κ3) is 3.64. The Bertz CT molecular complexity index is 860. The van der Waals surface area contributed by atoms with Gasteiger partial charge in [0, 0.05) is 17.9 Å². The van der Waals surface area contributed by atoms with Gasteiger partial charge in [0.05, 0.1) is 5.01 Å². The molecule has 3 aromatic rings. The summed E-state index contributed by atoms with van der Waals surface area (Å²) in [6.07, 6.45) is 1.42. The van der Waals surface area contributed by atoms with Gasteiger partial charge in [-0.2, -0.15) is 5.21 Å². The molecule has 116 valence electrons. The van der Waals surface area contributed by atoms with Crippen molar-refractivity contribution in [2.75, 3.05) is 0 Å². The van der Waals surface area contributed by atoms with E-state index in [9.17, 15) is 14.3 Å². The van der Waals surface area contributed by atoms with Crippen LogP contribution in [0.2, 0.25) is 0 Å². The second-order valence-electron chi connectivity index (χ2n) is 4.56. The lowest BCUT2D eigenvalue weighted by atomic mass is 10.1. The lowest BCUT2D eigenvalue weighted by Crippen LogP contribution is -1.99. The van der Waals surface area contributed by atoms with E-state index in [1.165, 1.54) is 23.5 Å². The summed E-state index contributed by atoms with van der Waals surface area (Å²) in [6, 6.07) is 6.21. The molecule has 0 saturated carbocycles. The molecule has 0 radical (unpaired) electrons. The normalized spacial score (nSPS) is 11.6. The van der Waals surface area contributed by atoms with E-state index in [0.29, 0.717) is 11.4 Å². The van der Waals surface area contributed by atoms with Crippen LogP contribution in [0.25, 0.3) is 5.76 Å². The van der Waals surface area contributed by atoms with Crippen LogP contribution in [0.3, 0.4) is 0 Å². The fourth-order valence-corrected chi connectivity index (χ4v) is 2.68. The van der Waals surface area contributed by atoms with Crippen molar-refractivity contribution in [3.05, 3.63) is 63.6 Å². The van der Waals surface area contributed by atoms with Crippen molar-refractivity contribution in [3.8, 4) is 0 Å². The molecule has 2 heterocycles. The molecule has 0 aliphatic carbocycles. The van der Waals surface area contributed by atoms with E-state index in [0.717, 1.165) is 11.6 Å². The van der Waals surface area contributed by atoms with E-state index in [4.69, 9.17) is 0 Å². The molecule has 7 nitrogen and oxygen atoms in total. The van der Waals surface area contributed by atoms with Crippen molar-refractivity contribution in [3.63, 3.8) is 0 Å². The van der Waals surface area contributed by atoms with Gasteiger partial charge >= 0.3 is 0 Å². The summed E-state index contributed by atoms with van der Waals surface area (Å²) in [5, 5.41) is 24.7. The van der Waals surface area contributed by atoms with E-state index in [1.807, 2.05) is 0 Å². The summed E-state index contributed by atoms with van der Waals surface area (Å²) in [5.74, 6) is -1.34. The van der Waals surface area contributed by atoms with Gasteiger partial charge in [0.2, 0.25) is 11.6 Å². The predicted octanol–water partition coefficient (Wildman–Crippen LogP) is 2.17. The Hall–Kier alpha value is -2.94. The monoisotopic (exact) mass is 331 g/mol. The fourth-order valence-electron chi connectivity index (χ4n) is 1.86. The molecule has 1 aromatic carbocycles. The quantitative estimate of drug-likeness (QED) is 0.422. The molecule has 0 bridgehead atoms. The van der Waals surface area contributed by atoms with Crippen LogP contribution in [0.1, 0.15) is 26.9 Å². The van der Waals surface area contributed by atoms with Gasteiger partial charge in [-0.15, -0.1) is 21.5 Å². The maximum absolute atomic E-state index is 13.2. The summed E-state index contributed by atoms with van der Waals surface area (Å²) < 4.78 is 13.2. The zero-order valence-electron chi connectivity index (χ0n) is 11.6. The number of halogens is 1. The highest BCUT2D eigenvalue weighted by Crippen LogP contribution is 2.19. The van der Waals surface area contributed by atoms with Crippen molar-refractivity contribution < 1.29 is 14.3 Å². The number of H-pyrrole nitrogens is 1. The minimum Gasteiger partial charge on any atom is -0.506 e. The maximum atomic E-state index is 13.2. The summed E-state index contributed by atoms with van der Waals surface area (Å²) in [4.78, 5) is 16.0. The summed E-state index contributed by atoms with van der Waals surface area (Å²) in [6.45, 7) is 0. The Morgan fingerprint density at radius 2 is 2.30 bits per heavy atom. The van der Waals surface area contributed by atoms with E-state index >= 15 is 0 Å². The number of thiazole rings is 1. The largest absolute Gasteiger partial charge is 0.506 e. The number of rotatable bonds is 5. The summed E-state index contributed by atoms with van der Waals surface area (Å²) >= 11 is 1.31. The number of aliphatic hydroxyl groups is 1. The molecule has 23 heavy (non-hydrogen) atoms. The van der Waals surface area contributed by atoms with Gasteiger partial charge in [-0.05, 0) is 22.9 Å². The number of carbonyl (C=O) groups excluding carboxylic acids is 1. The summed E-state index contributed by atoms with van der Waals surface area (Å²) in [5.41, 5.74) is 1.04. The second kappa shape index (κ2) is 6.44. The van der Waals surface area contributed by atoms with Crippen LogP contribution < -0.4 is 0 Å². The van der Waals surface area contributed by atoms with Crippen molar-refractivity contribution in [1.82, 2.24) is 25.6 Å². The van der Waals surface area contributed by atoms with Crippen LogP contribution in [0.15, 0.2) is 35.7 Å². The van der Waals surface area contributed by atoms with Crippen molar-refractivity contribution in [2.24, 2.45) is 0 Å². The van der Waals surface area contributed by atoms with Gasteiger partial charge in [-0.3, -0.25) is 4.79 Å². The van der Waals surface area contributed by atoms with Crippen LogP contribution in [0, 0.1) is 5.82 Å². The molecule has 2 N–H and O–H groups in total. The minimum atomic E-state index is -0.587. The van der Waals surface area contributed by atoms with Gasteiger partial charge in [0.25, 0.3) is 0 Å². The van der Waals surface area contributed by atoms with Gasteiger partial charge < -0.3 is 5.11 Å². The number of hydrogen-bond acceptors (Lipinski definition) is 7. The van der Waals surface area contributed by atoms with Gasteiger partial charge in [-0.25, -0.2) is 9.37 Å². The Balaban J connectivity index is 1.75. The minimum absolute atomic E-state index is 0.147. The lowest BCUT2D eigenvalue weighted by Gasteiger charge is -1.98. The molecule has 3 rings (SSSR count). The van der Waals surface area contributed by atoms with Crippen LogP contribution in [-0.4, -0.2) is 36.5 Å². The average Bonchev–Trinajstić information content (AvgIpc) is 3.18. The number of aromatic nitrogens is 5. The SMILES string of the molecule is O=C(C=C(O)c1csc(Cc2cccc(F)c2)n1)c1nn[nH]n1. The molecule has 0 saturated heterocycles. The molecule has 2 aromatic heterocycles. The van der Waals surface area contributed by atoms with Crippen molar-refractivity contribution >= 4 is 22.9 Å². The highest BCUT2D eigenvalue weighted by Gasteiger charge is 2.12. The first kappa shape index (κ1) is 15.0. The van der Waals surface area contributed by atoms with Crippen LogP contribution in [0.4, 0.5) is 4.39 Å². The van der Waals surface area contributed by atoms with Crippen LogP contribution in [-0.2, 0) is 6.42 Å². The van der Waals surface area contributed by atoms with E-state index in [1.54, 1.807) is 17.5 Å². The lowest BCUT2D eigenvalue weighted by molar-refractivity contribution is 0.103. The van der Waals surface area contributed by atoms with E-state index in [2.05, 4.69) is 25.6 Å². The van der Waals surface area contributed by atoms with E-state index < -0.39 is 5.78 Å². The van der Waals surface area contributed by atoms with Crippen molar-refractivity contribution in [2.45, 2.75) is 6.42 Å². The average molecular weight is 331 g/mol. The highest BCUT2D eigenvalue weighted by atomic mass is 32.1. The number of tetrazole rings is 1. The zero-order chi connectivity index (χ0) is 16.2. The van der Waals surface area contributed by atoms with E-state index in [-0.39, 0.29) is 23.1 Å². The van der Waals surface area contributed by atoms with Gasteiger partial charge in [0.1, 0.15) is 17.3 Å². The Morgan fingerprint density at radius 3 is 3.04 bits per heavy atom. The number of nitrogens with zero attached hydrogens (tertiary/aromatic N) is 4. The number of allylic oxidation sites excluding steroid dienone is 1. The number of aliphatic hydroxyl groups excluding tert-OH is 1. The molecular formula is C14H10FN5O2S. The first-order valence-electron chi connectivity index (χ1n) is 6.49. The third-order valence-electron chi connectivity index (χ3n) is 2.89. The molecule has 0 fully saturated rings. The highest BCUT2D eigenvalue weighted by molar-refractivity contribution is 7.09. The van der Waals surface area contributed by atoms with Gasteiger partial charge in [-0.1, -0.05) is 12.1 Å². The number of benzene rings is 1. The first-order valence-corrected chi connectivity index (χ1v) is 7.37. The molecule has 0 unspecified atom stereocenters. The molecule has 9 heteroatoms.